The minimum atomic E-state index is -4.35. The Hall–Kier alpha value is -3.01. The van der Waals surface area contributed by atoms with Crippen molar-refractivity contribution in [2.24, 2.45) is 0 Å². The number of carbonyl (C=O) groups is 1. The Labute approximate surface area is 322 Å². The van der Waals surface area contributed by atoms with Crippen molar-refractivity contribution in [2.45, 2.75) is 64.6 Å². The summed E-state index contributed by atoms with van der Waals surface area (Å²) in [4.78, 5) is 52.7. The Morgan fingerprint density at radius 2 is 1.71 bits per heavy atom. The minimum Gasteiger partial charge on any atom is -0.778 e. The lowest BCUT2D eigenvalue weighted by Crippen LogP contribution is -2.27. The largest absolute Gasteiger partial charge is 0.778 e. The summed E-state index contributed by atoms with van der Waals surface area (Å²) in [6.45, 7) is 14.2. The molecule has 0 saturated heterocycles. The number of nitrogens with zero attached hydrogens (tertiary/aromatic N) is 5. The highest BCUT2D eigenvalue weighted by Gasteiger charge is 2.24. The molecule has 1 atom stereocenters. The van der Waals surface area contributed by atoms with Crippen LogP contribution in [0.1, 0.15) is 54.4 Å². The van der Waals surface area contributed by atoms with Gasteiger partial charge in [-0.3, -0.25) is 10.1 Å². The number of rotatable bonds is 11. The van der Waals surface area contributed by atoms with E-state index in [1.807, 2.05) is 39.3 Å². The molecule has 3 aromatic rings. The van der Waals surface area contributed by atoms with Crippen molar-refractivity contribution in [3.63, 3.8) is 0 Å². The number of ether oxygens (including phenoxy) is 1. The highest BCUT2D eigenvalue weighted by atomic mass is 35.5. The number of anilines is 2. The fourth-order valence-corrected chi connectivity index (χ4v) is 4.29. The SMILES string of the molecule is C#CCOc1cc(-n2nc(C(C)(C)C)oc2=O)c(Cl)cc1Cl.CCNc1nc(NC(C)(C)C)nc(SC)n1.C[S+](C)C.O=C(O)CNCP(=O)([O-])O. The molecule has 52 heavy (non-hydrogen) atoms. The number of carboxylic acids is 1. The molecular formula is C31H49Cl2N8O8PS2. The second kappa shape index (κ2) is 22.9. The van der Waals surface area contributed by atoms with Gasteiger partial charge in [0.15, 0.2) is 5.16 Å². The summed E-state index contributed by atoms with van der Waals surface area (Å²) in [5.74, 6) is 2.37. The Bertz CT molecular complexity index is 1720. The van der Waals surface area contributed by atoms with Crippen LogP contribution in [0.2, 0.25) is 10.0 Å². The fourth-order valence-electron chi connectivity index (χ4n) is 3.02. The van der Waals surface area contributed by atoms with Gasteiger partial charge in [0, 0.05) is 23.6 Å². The number of benzene rings is 1. The predicted octanol–water partition coefficient (Wildman–Crippen LogP) is 4.34. The molecule has 0 fully saturated rings. The molecule has 21 heteroatoms. The second-order valence-corrected chi connectivity index (χ2v) is 18.4. The molecule has 0 saturated carbocycles. The third kappa shape index (κ3) is 21.5. The summed E-state index contributed by atoms with van der Waals surface area (Å²) in [7, 11) is -3.71. The van der Waals surface area contributed by atoms with Crippen LogP contribution in [0.3, 0.4) is 0 Å². The molecule has 16 nitrogen and oxygen atoms in total. The van der Waals surface area contributed by atoms with Gasteiger partial charge in [0.1, 0.15) is 20.0 Å². The standard InChI is InChI=1S/C15H14Cl2N2O3.C10H19N5S.C3H8NO5P.C3H9S/c1-5-6-21-12-8-11(9(16)7-10(12)17)19-14(20)22-13(18-19)15(2,3)4;1-6-11-7-12-8(15-10(2,3)4)14-9(13-7)16-5;5-3(6)1-4-2-10(7,8)9;1-4(2)3/h1,7-8H,6H2,2-4H3;6H2,1-5H3,(H2,11,12,13,14,15);4H,1-2H2,(H,5,6)(H2,7,8,9);1-3H3/q;;;+1/p-1. The first-order chi connectivity index (χ1) is 23.8. The van der Waals surface area contributed by atoms with E-state index < -0.39 is 37.6 Å². The first-order valence-electron chi connectivity index (χ1n) is 15.3. The molecule has 2 aromatic heterocycles. The Morgan fingerprint density at radius 1 is 1.13 bits per heavy atom. The molecule has 3 rings (SSSR count). The van der Waals surface area contributed by atoms with Gasteiger partial charge in [0.2, 0.25) is 17.8 Å². The van der Waals surface area contributed by atoms with Crippen molar-refractivity contribution >= 4 is 71.3 Å². The van der Waals surface area contributed by atoms with Crippen LogP contribution in [0.25, 0.3) is 5.69 Å². The smallest absolute Gasteiger partial charge is 0.442 e. The van der Waals surface area contributed by atoms with Crippen molar-refractivity contribution in [3.8, 4) is 23.8 Å². The number of aliphatic carboxylic acids is 1. The highest BCUT2D eigenvalue weighted by molar-refractivity contribution is 7.98. The monoisotopic (exact) mass is 826 g/mol. The van der Waals surface area contributed by atoms with Crippen LogP contribution in [0.4, 0.5) is 11.9 Å². The molecule has 292 valence electrons. The van der Waals surface area contributed by atoms with Crippen LogP contribution in [-0.2, 0) is 25.7 Å². The normalized spacial score (nSPS) is 12.1. The Morgan fingerprint density at radius 3 is 2.15 bits per heavy atom. The number of terminal acetylenes is 1. The van der Waals surface area contributed by atoms with Crippen LogP contribution in [0.5, 0.6) is 5.75 Å². The zero-order valence-corrected chi connectivity index (χ0v) is 35.2. The molecule has 5 N–H and O–H groups in total. The second-order valence-electron chi connectivity index (χ2n) is 12.8. The minimum absolute atomic E-state index is 0.0434. The average Bonchev–Trinajstić information content (AvgIpc) is 3.37. The lowest BCUT2D eigenvalue weighted by molar-refractivity contribution is -0.193. The average molecular weight is 828 g/mol. The third-order valence-corrected chi connectivity index (χ3v) is 6.71. The molecule has 0 aliphatic carbocycles. The summed E-state index contributed by atoms with van der Waals surface area (Å²) in [6.07, 6.45) is 13.0. The summed E-state index contributed by atoms with van der Waals surface area (Å²) in [6, 6.07) is 2.96. The molecule has 1 unspecified atom stereocenters. The van der Waals surface area contributed by atoms with Gasteiger partial charge in [-0.15, -0.1) is 11.5 Å². The van der Waals surface area contributed by atoms with Gasteiger partial charge in [-0.1, -0.05) is 61.7 Å². The predicted molar refractivity (Wildman–Crippen MR) is 210 cm³/mol. The lowest BCUT2D eigenvalue weighted by atomic mass is 9.97. The van der Waals surface area contributed by atoms with Gasteiger partial charge in [0.05, 0.1) is 47.3 Å². The summed E-state index contributed by atoms with van der Waals surface area (Å²) in [5, 5.41) is 21.7. The Kier molecular flexibility index (Phi) is 21.6. The van der Waals surface area contributed by atoms with Gasteiger partial charge < -0.3 is 39.2 Å². The van der Waals surface area contributed by atoms with E-state index in [1.165, 1.54) is 23.9 Å². The van der Waals surface area contributed by atoms with Crippen molar-refractivity contribution < 1.29 is 33.4 Å². The highest BCUT2D eigenvalue weighted by Crippen LogP contribution is 2.33. The maximum atomic E-state index is 12.0. The number of thioether (sulfide) groups is 1. The number of nitrogens with one attached hydrogen (secondary N) is 3. The molecule has 0 aliphatic rings. The fraction of sp³-hybridized carbons (Fsp3) is 0.548. The van der Waals surface area contributed by atoms with Crippen LogP contribution < -0.4 is 31.3 Å². The summed E-state index contributed by atoms with van der Waals surface area (Å²) in [5.41, 5.74) is -0.158. The zero-order chi connectivity index (χ0) is 40.4. The van der Waals surface area contributed by atoms with E-state index >= 15 is 0 Å². The molecule has 0 aliphatic heterocycles. The number of halogens is 2. The van der Waals surface area contributed by atoms with Crippen molar-refractivity contribution in [2.75, 3.05) is 61.6 Å². The van der Waals surface area contributed by atoms with Crippen LogP contribution >= 0.6 is 42.6 Å². The molecule has 0 amide bonds. The van der Waals surface area contributed by atoms with Crippen LogP contribution in [0, 0.1) is 12.3 Å². The van der Waals surface area contributed by atoms with Crippen molar-refractivity contribution in [3.05, 3.63) is 38.6 Å². The van der Waals surface area contributed by atoms with Crippen LogP contribution in [-0.4, -0.2) is 97.2 Å². The topological polar surface area (TPSA) is 230 Å². The van der Waals surface area contributed by atoms with Gasteiger partial charge in [-0.05, 0) is 50.9 Å². The summed E-state index contributed by atoms with van der Waals surface area (Å²) >= 11 is 13.7. The van der Waals surface area contributed by atoms with Crippen LogP contribution in [0.15, 0.2) is 26.5 Å². The van der Waals surface area contributed by atoms with Crippen molar-refractivity contribution in [1.82, 2.24) is 30.0 Å². The van der Waals surface area contributed by atoms with Gasteiger partial charge in [0.25, 0.3) is 0 Å². The quantitative estimate of drug-likeness (QED) is 0.0784. The molecular weight excluding hydrogens is 778 g/mol. The van der Waals surface area contributed by atoms with Gasteiger partial charge in [-0.2, -0.15) is 19.6 Å². The van der Waals surface area contributed by atoms with E-state index in [2.05, 4.69) is 76.1 Å². The molecule has 0 spiro atoms. The molecule has 1 aromatic carbocycles. The molecule has 2 heterocycles. The van der Waals surface area contributed by atoms with E-state index in [1.54, 1.807) is 0 Å². The van der Waals surface area contributed by atoms with E-state index in [0.717, 1.165) is 16.4 Å². The number of carboxylic acid groups (broad SMARTS) is 1. The zero-order valence-electron chi connectivity index (χ0n) is 31.2. The van der Waals surface area contributed by atoms with Gasteiger partial charge in [-0.25, -0.2) is 4.79 Å². The maximum Gasteiger partial charge on any atom is 0.442 e. The molecule has 0 radical (unpaired) electrons. The third-order valence-electron chi connectivity index (χ3n) is 4.94. The first kappa shape index (κ1) is 49.0. The van der Waals surface area contributed by atoms with E-state index in [4.69, 9.17) is 48.8 Å². The number of aromatic nitrogens is 5. The first-order valence-corrected chi connectivity index (χ1v) is 21.5. The van der Waals surface area contributed by atoms with Gasteiger partial charge >= 0.3 is 11.7 Å². The van der Waals surface area contributed by atoms with E-state index in [9.17, 15) is 19.0 Å². The number of hydrogen-bond donors (Lipinski definition) is 5. The van der Waals surface area contributed by atoms with E-state index in [-0.39, 0.29) is 22.2 Å². The maximum absolute atomic E-state index is 12.0. The summed E-state index contributed by atoms with van der Waals surface area (Å²) < 4.78 is 21.5. The number of hydrogen-bond acceptors (Lipinski definition) is 14. The Balaban J connectivity index is 0.000000759. The van der Waals surface area contributed by atoms with E-state index in [0.29, 0.717) is 40.1 Å². The molecule has 0 bridgehead atoms. The van der Waals surface area contributed by atoms with Crippen molar-refractivity contribution in [1.29, 1.82) is 0 Å². The lowest BCUT2D eigenvalue weighted by Gasteiger charge is -2.20.